The second-order valence-electron chi connectivity index (χ2n) is 6.32. The molecule has 5 atom stereocenters. The zero-order valence-corrected chi connectivity index (χ0v) is 13.2. The van der Waals surface area contributed by atoms with Gasteiger partial charge in [0.25, 0.3) is 0 Å². The highest BCUT2D eigenvalue weighted by Crippen LogP contribution is 2.68. The van der Waals surface area contributed by atoms with E-state index >= 15 is 0 Å². The Balaban J connectivity index is 1.68. The third kappa shape index (κ3) is 2.17. The minimum atomic E-state index is -4.65. The molecule has 11 nitrogen and oxygen atoms in total. The number of hydrogen-bond acceptors (Lipinski definition) is 8. The van der Waals surface area contributed by atoms with E-state index in [1.165, 1.54) is 12.7 Å². The zero-order valence-electron chi connectivity index (χ0n) is 12.3. The molecule has 0 aliphatic heterocycles. The van der Waals surface area contributed by atoms with Gasteiger partial charge in [0.15, 0.2) is 11.5 Å². The van der Waals surface area contributed by atoms with E-state index in [2.05, 4.69) is 19.5 Å². The molecule has 0 spiro atoms. The van der Waals surface area contributed by atoms with Crippen LogP contribution in [0.4, 0.5) is 5.82 Å². The first kappa shape index (κ1) is 15.9. The van der Waals surface area contributed by atoms with Crippen molar-refractivity contribution in [2.75, 3.05) is 12.3 Å². The van der Waals surface area contributed by atoms with Gasteiger partial charge >= 0.3 is 7.82 Å². The highest BCUT2D eigenvalue weighted by atomic mass is 31.2. The van der Waals surface area contributed by atoms with Gasteiger partial charge in [0, 0.05) is 5.41 Å². The van der Waals surface area contributed by atoms with Crippen molar-refractivity contribution in [1.29, 1.82) is 0 Å². The van der Waals surface area contributed by atoms with E-state index in [9.17, 15) is 14.8 Å². The summed E-state index contributed by atoms with van der Waals surface area (Å²) in [6.07, 6.45) is 0.906. The van der Waals surface area contributed by atoms with Gasteiger partial charge in [0.1, 0.15) is 17.9 Å². The predicted molar refractivity (Wildman–Crippen MR) is 79.3 cm³/mol. The largest absolute Gasteiger partial charge is 0.469 e. The number of aromatic nitrogens is 4. The van der Waals surface area contributed by atoms with Crippen molar-refractivity contribution in [3.63, 3.8) is 0 Å². The van der Waals surface area contributed by atoms with Crippen molar-refractivity contribution >= 4 is 24.8 Å². The third-order valence-corrected chi connectivity index (χ3v) is 5.53. The summed E-state index contributed by atoms with van der Waals surface area (Å²) in [4.78, 5) is 29.9. The van der Waals surface area contributed by atoms with E-state index in [-0.39, 0.29) is 18.3 Å². The van der Waals surface area contributed by atoms with Crippen LogP contribution >= 0.6 is 7.82 Å². The fraction of sp³-hybridized carbons (Fsp3) is 0.583. The molecule has 2 aliphatic carbocycles. The van der Waals surface area contributed by atoms with Gasteiger partial charge in [-0.2, -0.15) is 0 Å². The number of aliphatic hydroxyl groups is 2. The molecule has 0 bridgehead atoms. The topological polar surface area (TPSA) is 177 Å². The summed E-state index contributed by atoms with van der Waals surface area (Å²) >= 11 is 0. The number of fused-ring (bicyclic) bond motifs is 2. The Morgan fingerprint density at radius 2 is 2.12 bits per heavy atom. The molecule has 0 saturated heterocycles. The average molecular weight is 357 g/mol. The molecular formula is C12H16N5O6P. The lowest BCUT2D eigenvalue weighted by atomic mass is 10.0. The summed E-state index contributed by atoms with van der Waals surface area (Å²) in [6, 6.07) is -0.542. The van der Waals surface area contributed by atoms with Crippen LogP contribution in [0.15, 0.2) is 12.7 Å². The Morgan fingerprint density at radius 1 is 1.38 bits per heavy atom. The monoisotopic (exact) mass is 357 g/mol. The second-order valence-corrected chi connectivity index (χ2v) is 7.56. The molecule has 2 saturated carbocycles. The molecule has 0 amide bonds. The summed E-state index contributed by atoms with van der Waals surface area (Å²) < 4.78 is 17.1. The standard InChI is InChI=1S/C12H16N5O6P/c13-10-6-11(15-3-14-10)17(4-16-6)7-5-1-12(5,9(19)8(7)18)2-23-24(20,21)22/h3-5,7-9,18-19H,1-2H2,(H2,13,14,15)(H2,20,21,22)/t5-,7?,8?,9?,12+/m1/s1. The normalized spacial score (nSPS) is 35.3. The van der Waals surface area contributed by atoms with Crippen molar-refractivity contribution in [2.24, 2.45) is 11.3 Å². The van der Waals surface area contributed by atoms with E-state index in [1.807, 2.05) is 0 Å². The van der Waals surface area contributed by atoms with Crippen LogP contribution in [-0.4, -0.2) is 58.3 Å². The van der Waals surface area contributed by atoms with E-state index in [1.54, 1.807) is 4.57 Å². The number of nitrogens with two attached hydrogens (primary N) is 1. The first-order valence-corrected chi connectivity index (χ1v) is 8.77. The highest BCUT2D eigenvalue weighted by Gasteiger charge is 2.72. The second kappa shape index (κ2) is 4.94. The van der Waals surface area contributed by atoms with Gasteiger partial charge in [-0.15, -0.1) is 0 Å². The van der Waals surface area contributed by atoms with Gasteiger partial charge < -0.3 is 30.3 Å². The zero-order chi connectivity index (χ0) is 17.3. The smallest absolute Gasteiger partial charge is 0.390 e. The lowest BCUT2D eigenvalue weighted by Gasteiger charge is -2.24. The fourth-order valence-electron chi connectivity index (χ4n) is 3.82. The van der Waals surface area contributed by atoms with E-state index < -0.39 is 31.5 Å². The molecule has 130 valence electrons. The van der Waals surface area contributed by atoms with Crippen LogP contribution in [0.25, 0.3) is 11.2 Å². The third-order valence-electron chi connectivity index (χ3n) is 5.06. The Labute approximate surface area is 135 Å². The summed E-state index contributed by atoms with van der Waals surface area (Å²) in [5.74, 6) is -0.0127. The van der Waals surface area contributed by atoms with Crippen LogP contribution in [-0.2, 0) is 9.09 Å². The Kier molecular flexibility index (Phi) is 3.27. The molecule has 3 unspecified atom stereocenters. The van der Waals surface area contributed by atoms with Crippen molar-refractivity contribution in [1.82, 2.24) is 19.5 Å². The lowest BCUT2D eigenvalue weighted by molar-refractivity contribution is -0.0297. The molecule has 2 aromatic rings. The molecule has 2 aromatic heterocycles. The number of phosphoric ester groups is 1. The summed E-state index contributed by atoms with van der Waals surface area (Å²) in [5, 5.41) is 20.8. The average Bonchev–Trinajstić information content (AvgIpc) is 3.00. The molecule has 2 fully saturated rings. The molecule has 0 radical (unpaired) electrons. The maximum Gasteiger partial charge on any atom is 0.469 e. The van der Waals surface area contributed by atoms with Crippen LogP contribution in [0, 0.1) is 11.3 Å². The molecule has 4 rings (SSSR count). The van der Waals surface area contributed by atoms with Gasteiger partial charge in [-0.25, -0.2) is 19.5 Å². The number of phosphoric acid groups is 1. The van der Waals surface area contributed by atoms with E-state index in [0.717, 1.165) is 0 Å². The van der Waals surface area contributed by atoms with Gasteiger partial charge in [-0.1, -0.05) is 0 Å². The maximum atomic E-state index is 10.9. The van der Waals surface area contributed by atoms with E-state index in [4.69, 9.17) is 15.5 Å². The number of imidazole rings is 1. The fourth-order valence-corrected chi connectivity index (χ4v) is 4.23. The number of rotatable bonds is 4. The van der Waals surface area contributed by atoms with E-state index in [0.29, 0.717) is 17.6 Å². The van der Waals surface area contributed by atoms with Gasteiger partial charge in [-0.05, 0) is 12.3 Å². The first-order valence-electron chi connectivity index (χ1n) is 7.24. The van der Waals surface area contributed by atoms with Gasteiger partial charge in [0.2, 0.25) is 0 Å². The summed E-state index contributed by atoms with van der Waals surface area (Å²) in [6.45, 7) is -0.333. The maximum absolute atomic E-state index is 10.9. The molecule has 12 heteroatoms. The molecule has 0 aromatic carbocycles. The van der Waals surface area contributed by atoms with Crippen LogP contribution < -0.4 is 5.73 Å². The predicted octanol–water partition coefficient (Wildman–Crippen LogP) is -1.20. The molecule has 6 N–H and O–H groups in total. The summed E-state index contributed by atoms with van der Waals surface area (Å²) in [5.41, 5.74) is 5.68. The number of hydrogen-bond donors (Lipinski definition) is 5. The quantitative estimate of drug-likeness (QED) is 0.418. The van der Waals surface area contributed by atoms with Crippen molar-refractivity contribution in [2.45, 2.75) is 24.7 Å². The van der Waals surface area contributed by atoms with Crippen molar-refractivity contribution < 1.29 is 29.1 Å². The van der Waals surface area contributed by atoms with Crippen LogP contribution in [0.5, 0.6) is 0 Å². The molecular weight excluding hydrogens is 341 g/mol. The minimum absolute atomic E-state index is 0.207. The van der Waals surface area contributed by atoms with Gasteiger partial charge in [0.05, 0.1) is 25.1 Å². The van der Waals surface area contributed by atoms with Crippen LogP contribution in [0.2, 0.25) is 0 Å². The summed E-state index contributed by atoms with van der Waals surface area (Å²) in [7, 11) is -4.65. The van der Waals surface area contributed by atoms with Crippen molar-refractivity contribution in [3.05, 3.63) is 12.7 Å². The highest BCUT2D eigenvalue weighted by molar-refractivity contribution is 7.46. The Bertz CT molecular complexity index is 854. The number of aliphatic hydroxyl groups excluding tert-OH is 2. The van der Waals surface area contributed by atoms with Gasteiger partial charge in [-0.3, -0.25) is 4.52 Å². The lowest BCUT2D eigenvalue weighted by Crippen LogP contribution is -2.35. The number of nitrogens with zero attached hydrogens (tertiary/aromatic N) is 4. The molecule has 2 aliphatic rings. The Morgan fingerprint density at radius 3 is 2.83 bits per heavy atom. The number of anilines is 1. The Hall–Kier alpha value is -1.62. The first-order chi connectivity index (χ1) is 11.2. The van der Waals surface area contributed by atoms with Crippen LogP contribution in [0.1, 0.15) is 12.5 Å². The molecule has 2 heterocycles. The number of nitrogen functional groups attached to an aromatic ring is 1. The van der Waals surface area contributed by atoms with Crippen molar-refractivity contribution in [3.8, 4) is 0 Å². The minimum Gasteiger partial charge on any atom is -0.390 e. The molecule has 24 heavy (non-hydrogen) atoms. The SMILES string of the molecule is Nc1ncnc2c1ncn2C1C(O)C(O)[C@]2(COP(=O)(O)O)C[C@H]12. The van der Waals surface area contributed by atoms with Crippen LogP contribution in [0.3, 0.4) is 0 Å².